The van der Waals surface area contributed by atoms with Crippen molar-refractivity contribution >= 4 is 10.0 Å². The molecular weight excluding hydrogens is 266 g/mol. The summed E-state index contributed by atoms with van der Waals surface area (Å²) in [5.74, 6) is 0. The zero-order valence-electron chi connectivity index (χ0n) is 11.7. The van der Waals surface area contributed by atoms with E-state index in [9.17, 15) is 8.42 Å². The van der Waals surface area contributed by atoms with E-state index in [-0.39, 0.29) is 17.5 Å². The molecule has 0 unspecified atom stereocenters. The van der Waals surface area contributed by atoms with Crippen LogP contribution in [0.2, 0.25) is 0 Å². The second kappa shape index (κ2) is 7.04. The molecule has 0 aliphatic rings. The molecule has 1 heterocycles. The first kappa shape index (κ1) is 16.2. The third-order valence-corrected chi connectivity index (χ3v) is 4.09. The van der Waals surface area contributed by atoms with E-state index in [0.717, 1.165) is 5.69 Å². The molecule has 6 nitrogen and oxygen atoms in total. The number of ether oxygens (including phenoxy) is 1. The lowest BCUT2D eigenvalue weighted by Crippen LogP contribution is -2.28. The van der Waals surface area contributed by atoms with Gasteiger partial charge in [-0.2, -0.15) is 0 Å². The fraction of sp³-hybridized carbons (Fsp3) is 0.667. The molecule has 0 bridgehead atoms. The Morgan fingerprint density at radius 1 is 1.47 bits per heavy atom. The number of hydrogen-bond donors (Lipinski definition) is 2. The SMILES string of the molecule is CCn1cc(S(=O)(=O)NCCOC(C)C)cc1CN. The van der Waals surface area contributed by atoms with E-state index in [2.05, 4.69) is 4.72 Å². The predicted octanol–water partition coefficient (Wildman–Crippen LogP) is 0.670. The van der Waals surface area contributed by atoms with Gasteiger partial charge in [0.1, 0.15) is 0 Å². The highest BCUT2D eigenvalue weighted by atomic mass is 32.2. The highest BCUT2D eigenvalue weighted by Crippen LogP contribution is 2.14. The van der Waals surface area contributed by atoms with Crippen LogP contribution in [-0.4, -0.2) is 32.2 Å². The summed E-state index contributed by atoms with van der Waals surface area (Å²) in [5.41, 5.74) is 6.39. The first-order chi connectivity index (χ1) is 8.90. The summed E-state index contributed by atoms with van der Waals surface area (Å²) in [6.45, 7) is 7.38. The molecule has 0 radical (unpaired) electrons. The first-order valence-electron chi connectivity index (χ1n) is 6.41. The molecule has 0 aliphatic heterocycles. The molecule has 0 saturated carbocycles. The molecule has 0 atom stereocenters. The topological polar surface area (TPSA) is 86.3 Å². The molecule has 0 amide bonds. The lowest BCUT2D eigenvalue weighted by Gasteiger charge is -2.08. The van der Waals surface area contributed by atoms with Gasteiger partial charge < -0.3 is 15.0 Å². The zero-order valence-corrected chi connectivity index (χ0v) is 12.5. The highest BCUT2D eigenvalue weighted by Gasteiger charge is 2.17. The minimum absolute atomic E-state index is 0.0921. The van der Waals surface area contributed by atoms with Crippen LogP contribution in [0.5, 0.6) is 0 Å². The monoisotopic (exact) mass is 289 g/mol. The van der Waals surface area contributed by atoms with Crippen LogP contribution in [0.4, 0.5) is 0 Å². The molecule has 1 aromatic rings. The second-order valence-electron chi connectivity index (χ2n) is 4.47. The van der Waals surface area contributed by atoms with Crippen molar-refractivity contribution in [2.75, 3.05) is 13.2 Å². The second-order valence-corrected chi connectivity index (χ2v) is 6.24. The third kappa shape index (κ3) is 4.61. The van der Waals surface area contributed by atoms with E-state index in [1.54, 1.807) is 12.3 Å². The van der Waals surface area contributed by atoms with Crippen molar-refractivity contribution in [1.29, 1.82) is 0 Å². The number of hydrogen-bond acceptors (Lipinski definition) is 4. The van der Waals surface area contributed by atoms with E-state index in [1.165, 1.54) is 0 Å². The minimum atomic E-state index is -3.49. The van der Waals surface area contributed by atoms with E-state index in [4.69, 9.17) is 10.5 Å². The van der Waals surface area contributed by atoms with Crippen LogP contribution in [0.3, 0.4) is 0 Å². The molecule has 19 heavy (non-hydrogen) atoms. The lowest BCUT2D eigenvalue weighted by atomic mass is 10.4. The summed E-state index contributed by atoms with van der Waals surface area (Å²) in [6.07, 6.45) is 1.70. The minimum Gasteiger partial charge on any atom is -0.377 e. The molecule has 0 fully saturated rings. The van der Waals surface area contributed by atoms with Crippen LogP contribution < -0.4 is 10.5 Å². The smallest absolute Gasteiger partial charge is 0.242 e. The molecule has 110 valence electrons. The van der Waals surface area contributed by atoms with Crippen LogP contribution >= 0.6 is 0 Å². The van der Waals surface area contributed by atoms with Crippen molar-refractivity contribution in [2.24, 2.45) is 5.73 Å². The molecule has 0 aliphatic carbocycles. The van der Waals surface area contributed by atoms with Crippen molar-refractivity contribution in [3.8, 4) is 0 Å². The van der Waals surface area contributed by atoms with Gasteiger partial charge in [-0.15, -0.1) is 0 Å². The Bertz CT molecular complexity index is 473. The van der Waals surface area contributed by atoms with Crippen molar-refractivity contribution in [3.05, 3.63) is 18.0 Å². The van der Waals surface area contributed by atoms with Crippen LogP contribution in [0.25, 0.3) is 0 Å². The third-order valence-electron chi connectivity index (χ3n) is 2.67. The number of aromatic nitrogens is 1. The Morgan fingerprint density at radius 3 is 2.63 bits per heavy atom. The molecule has 1 rings (SSSR count). The Hall–Kier alpha value is -0.890. The normalized spacial score (nSPS) is 12.3. The quantitative estimate of drug-likeness (QED) is 0.689. The molecule has 7 heteroatoms. The van der Waals surface area contributed by atoms with E-state index in [1.807, 2.05) is 25.3 Å². The summed E-state index contributed by atoms with van der Waals surface area (Å²) in [4.78, 5) is 0.249. The van der Waals surface area contributed by atoms with Crippen LogP contribution in [0.15, 0.2) is 17.2 Å². The number of sulfonamides is 1. The fourth-order valence-corrected chi connectivity index (χ4v) is 2.77. The summed E-state index contributed by atoms with van der Waals surface area (Å²) in [7, 11) is -3.49. The number of nitrogens with two attached hydrogens (primary N) is 1. The number of nitrogens with zero attached hydrogens (tertiary/aromatic N) is 1. The Balaban J connectivity index is 2.69. The van der Waals surface area contributed by atoms with Gasteiger partial charge in [0, 0.05) is 31.5 Å². The van der Waals surface area contributed by atoms with E-state index in [0.29, 0.717) is 19.7 Å². The van der Waals surface area contributed by atoms with Gasteiger partial charge in [-0.3, -0.25) is 0 Å². The maximum atomic E-state index is 12.1. The van der Waals surface area contributed by atoms with Crippen molar-refractivity contribution in [2.45, 2.75) is 44.9 Å². The maximum Gasteiger partial charge on any atom is 0.242 e. The summed E-state index contributed by atoms with van der Waals surface area (Å²) in [5, 5.41) is 0. The average molecular weight is 289 g/mol. The van der Waals surface area contributed by atoms with Crippen LogP contribution in [0, 0.1) is 0 Å². The van der Waals surface area contributed by atoms with Crippen molar-refractivity contribution in [3.63, 3.8) is 0 Å². The van der Waals surface area contributed by atoms with Crippen molar-refractivity contribution in [1.82, 2.24) is 9.29 Å². The Labute approximate surface area is 115 Å². The van der Waals surface area contributed by atoms with Gasteiger partial charge in [0.05, 0.1) is 17.6 Å². The van der Waals surface area contributed by atoms with Crippen LogP contribution in [-0.2, 0) is 27.8 Å². The highest BCUT2D eigenvalue weighted by molar-refractivity contribution is 7.89. The average Bonchev–Trinajstić information content (AvgIpc) is 2.78. The Morgan fingerprint density at radius 2 is 2.16 bits per heavy atom. The maximum absolute atomic E-state index is 12.1. The van der Waals surface area contributed by atoms with E-state index < -0.39 is 10.0 Å². The number of aryl methyl sites for hydroxylation is 1. The van der Waals surface area contributed by atoms with Crippen molar-refractivity contribution < 1.29 is 13.2 Å². The number of nitrogens with one attached hydrogen (secondary N) is 1. The van der Waals surface area contributed by atoms with Crippen LogP contribution in [0.1, 0.15) is 26.5 Å². The van der Waals surface area contributed by atoms with Gasteiger partial charge in [0.2, 0.25) is 10.0 Å². The molecule has 0 spiro atoms. The van der Waals surface area contributed by atoms with Gasteiger partial charge >= 0.3 is 0 Å². The standard InChI is InChI=1S/C12H23N3O3S/c1-4-15-9-12(7-11(15)8-13)19(16,17)14-5-6-18-10(2)3/h7,9-10,14H,4-6,8,13H2,1-3H3. The van der Waals surface area contributed by atoms with Gasteiger partial charge in [-0.05, 0) is 26.8 Å². The largest absolute Gasteiger partial charge is 0.377 e. The molecule has 0 saturated heterocycles. The molecule has 3 N–H and O–H groups in total. The lowest BCUT2D eigenvalue weighted by molar-refractivity contribution is 0.0834. The molecule has 1 aromatic heterocycles. The predicted molar refractivity (Wildman–Crippen MR) is 74.3 cm³/mol. The summed E-state index contributed by atoms with van der Waals surface area (Å²) >= 11 is 0. The van der Waals surface area contributed by atoms with Gasteiger partial charge in [-0.1, -0.05) is 0 Å². The van der Waals surface area contributed by atoms with E-state index >= 15 is 0 Å². The zero-order chi connectivity index (χ0) is 14.5. The first-order valence-corrected chi connectivity index (χ1v) is 7.89. The van der Waals surface area contributed by atoms with Gasteiger partial charge in [0.25, 0.3) is 0 Å². The Kier molecular flexibility index (Phi) is 5.99. The summed E-state index contributed by atoms with van der Waals surface area (Å²) < 4.78 is 33.7. The molecular formula is C12H23N3O3S. The summed E-state index contributed by atoms with van der Waals surface area (Å²) in [6, 6.07) is 1.61. The number of rotatable bonds is 8. The molecule has 0 aromatic carbocycles. The fourth-order valence-electron chi connectivity index (χ4n) is 1.69. The van der Waals surface area contributed by atoms with Gasteiger partial charge in [-0.25, -0.2) is 13.1 Å². The van der Waals surface area contributed by atoms with Gasteiger partial charge in [0.15, 0.2) is 0 Å².